The van der Waals surface area contributed by atoms with Crippen LogP contribution in [0.15, 0.2) is 0 Å². The molecule has 100 valence electrons. The van der Waals surface area contributed by atoms with Gasteiger partial charge < -0.3 is 26.2 Å². The number of likely N-dealkylation sites (N-methyl/N-ethyl adjacent to an activating group) is 1. The molecule has 0 heterocycles. The highest BCUT2D eigenvalue weighted by Gasteiger charge is 2.19. The lowest BCUT2D eigenvalue weighted by molar-refractivity contribution is -0.145. The molecule has 0 radical (unpaired) electrons. The molecule has 5 N–H and O–H groups in total. The molecule has 7 heteroatoms. The molecule has 1 atom stereocenters. The summed E-state index contributed by atoms with van der Waals surface area (Å²) in [5.74, 6) is -2.26. The fourth-order valence-electron chi connectivity index (χ4n) is 1.23. The van der Waals surface area contributed by atoms with Crippen LogP contribution in [-0.4, -0.2) is 60.9 Å². The SMILES string of the molecule is CCNCCNCCNC(CC(=O)O)C(=O)O. The van der Waals surface area contributed by atoms with Crippen molar-refractivity contribution < 1.29 is 19.8 Å². The Morgan fingerprint density at radius 1 is 1.06 bits per heavy atom. The Bertz CT molecular complexity index is 236. The number of hydrogen-bond acceptors (Lipinski definition) is 5. The number of carboxylic acid groups (broad SMARTS) is 2. The minimum atomic E-state index is -1.14. The van der Waals surface area contributed by atoms with Crippen LogP contribution < -0.4 is 16.0 Å². The lowest BCUT2D eigenvalue weighted by Crippen LogP contribution is -2.42. The fraction of sp³-hybridized carbons (Fsp3) is 0.800. The molecule has 17 heavy (non-hydrogen) atoms. The third kappa shape index (κ3) is 9.73. The molecule has 1 unspecified atom stereocenters. The van der Waals surface area contributed by atoms with Crippen molar-refractivity contribution in [2.75, 3.05) is 32.7 Å². The summed E-state index contributed by atoms with van der Waals surface area (Å²) in [5, 5.41) is 26.2. The maximum absolute atomic E-state index is 10.7. The molecule has 0 bridgehead atoms. The van der Waals surface area contributed by atoms with Crippen LogP contribution in [0.3, 0.4) is 0 Å². The van der Waals surface area contributed by atoms with Gasteiger partial charge >= 0.3 is 11.9 Å². The van der Waals surface area contributed by atoms with Crippen molar-refractivity contribution in [3.8, 4) is 0 Å². The number of aliphatic carboxylic acids is 2. The zero-order chi connectivity index (χ0) is 13.1. The summed E-state index contributed by atoms with van der Waals surface area (Å²) in [6.07, 6.45) is -0.410. The largest absolute Gasteiger partial charge is 0.481 e. The molecule has 0 aliphatic carbocycles. The number of carboxylic acids is 2. The lowest BCUT2D eigenvalue weighted by atomic mass is 10.2. The van der Waals surface area contributed by atoms with Crippen LogP contribution in [0, 0.1) is 0 Å². The van der Waals surface area contributed by atoms with Crippen molar-refractivity contribution >= 4 is 11.9 Å². The van der Waals surface area contributed by atoms with Crippen LogP contribution in [0.5, 0.6) is 0 Å². The van der Waals surface area contributed by atoms with E-state index in [1.54, 1.807) is 0 Å². The fourth-order valence-corrected chi connectivity index (χ4v) is 1.23. The minimum absolute atomic E-state index is 0.410. The van der Waals surface area contributed by atoms with E-state index in [4.69, 9.17) is 10.2 Å². The molecule has 0 aliphatic heterocycles. The first-order valence-electron chi connectivity index (χ1n) is 5.67. The van der Waals surface area contributed by atoms with Crippen LogP contribution in [0.1, 0.15) is 13.3 Å². The second kappa shape index (κ2) is 10.0. The van der Waals surface area contributed by atoms with E-state index >= 15 is 0 Å². The van der Waals surface area contributed by atoms with E-state index in [2.05, 4.69) is 16.0 Å². The van der Waals surface area contributed by atoms with E-state index in [0.29, 0.717) is 13.1 Å². The summed E-state index contributed by atoms with van der Waals surface area (Å²) >= 11 is 0. The molecular formula is C10H21N3O4. The second-order valence-corrected chi connectivity index (χ2v) is 3.55. The summed E-state index contributed by atoms with van der Waals surface area (Å²) in [5.41, 5.74) is 0. The molecule has 0 aromatic rings. The van der Waals surface area contributed by atoms with Gasteiger partial charge in [-0.2, -0.15) is 0 Å². The van der Waals surface area contributed by atoms with Crippen LogP contribution >= 0.6 is 0 Å². The summed E-state index contributed by atoms with van der Waals surface area (Å²) in [6, 6.07) is -1.02. The Morgan fingerprint density at radius 3 is 2.18 bits per heavy atom. The number of rotatable bonds is 11. The zero-order valence-corrected chi connectivity index (χ0v) is 10.0. The molecule has 0 amide bonds. The van der Waals surface area contributed by atoms with Gasteiger partial charge in [0, 0.05) is 26.2 Å². The van der Waals surface area contributed by atoms with E-state index in [1.807, 2.05) is 6.92 Å². The van der Waals surface area contributed by atoms with Gasteiger partial charge in [0.05, 0.1) is 6.42 Å². The highest BCUT2D eigenvalue weighted by molar-refractivity contribution is 5.80. The molecule has 0 rings (SSSR count). The van der Waals surface area contributed by atoms with Crippen molar-refractivity contribution in [2.45, 2.75) is 19.4 Å². The third-order valence-electron chi connectivity index (χ3n) is 2.10. The number of hydrogen-bond donors (Lipinski definition) is 5. The monoisotopic (exact) mass is 247 g/mol. The van der Waals surface area contributed by atoms with Gasteiger partial charge in [0.2, 0.25) is 0 Å². The van der Waals surface area contributed by atoms with Crippen LogP contribution in [-0.2, 0) is 9.59 Å². The van der Waals surface area contributed by atoms with Crippen molar-refractivity contribution in [3.63, 3.8) is 0 Å². The quantitative estimate of drug-likeness (QED) is 0.289. The van der Waals surface area contributed by atoms with Crippen LogP contribution in [0.25, 0.3) is 0 Å². The van der Waals surface area contributed by atoms with Gasteiger partial charge in [-0.3, -0.25) is 9.59 Å². The molecular weight excluding hydrogens is 226 g/mol. The summed E-state index contributed by atoms with van der Waals surface area (Å²) in [4.78, 5) is 21.1. The predicted octanol–water partition coefficient (Wildman–Crippen LogP) is -1.30. The third-order valence-corrected chi connectivity index (χ3v) is 2.10. The Balaban J connectivity index is 3.55. The zero-order valence-electron chi connectivity index (χ0n) is 10.0. The van der Waals surface area contributed by atoms with Crippen LogP contribution in [0.4, 0.5) is 0 Å². The number of carbonyl (C=O) groups is 2. The maximum Gasteiger partial charge on any atom is 0.321 e. The van der Waals surface area contributed by atoms with E-state index in [1.165, 1.54) is 0 Å². The average molecular weight is 247 g/mol. The van der Waals surface area contributed by atoms with Gasteiger partial charge in [0.1, 0.15) is 6.04 Å². The van der Waals surface area contributed by atoms with Crippen molar-refractivity contribution in [2.24, 2.45) is 0 Å². The van der Waals surface area contributed by atoms with Crippen LogP contribution in [0.2, 0.25) is 0 Å². The Hall–Kier alpha value is -1.18. The second-order valence-electron chi connectivity index (χ2n) is 3.55. The normalized spacial score (nSPS) is 12.3. The topological polar surface area (TPSA) is 111 Å². The van der Waals surface area contributed by atoms with E-state index in [9.17, 15) is 9.59 Å². The van der Waals surface area contributed by atoms with Gasteiger partial charge in [-0.15, -0.1) is 0 Å². The first kappa shape index (κ1) is 15.8. The van der Waals surface area contributed by atoms with E-state index in [0.717, 1.165) is 19.6 Å². The van der Waals surface area contributed by atoms with Crippen molar-refractivity contribution in [1.82, 2.24) is 16.0 Å². The predicted molar refractivity (Wildman–Crippen MR) is 63.1 cm³/mol. The van der Waals surface area contributed by atoms with Crippen molar-refractivity contribution in [3.05, 3.63) is 0 Å². The average Bonchev–Trinajstić information content (AvgIpc) is 2.25. The summed E-state index contributed by atoms with van der Waals surface area (Å²) in [7, 11) is 0. The maximum atomic E-state index is 10.7. The Labute approximate surface area is 101 Å². The first-order valence-corrected chi connectivity index (χ1v) is 5.67. The molecule has 0 aliphatic rings. The standard InChI is InChI=1S/C10H21N3O4/c1-2-11-3-4-12-5-6-13-8(10(16)17)7-9(14)15/h8,11-13H,2-7H2,1H3,(H,14,15)(H,16,17). The van der Waals surface area contributed by atoms with Gasteiger partial charge in [-0.05, 0) is 6.54 Å². The molecule has 0 fully saturated rings. The molecule has 0 saturated carbocycles. The van der Waals surface area contributed by atoms with Gasteiger partial charge in [-0.25, -0.2) is 0 Å². The summed E-state index contributed by atoms with van der Waals surface area (Å²) < 4.78 is 0. The molecule has 0 aromatic heterocycles. The molecule has 7 nitrogen and oxygen atoms in total. The minimum Gasteiger partial charge on any atom is -0.481 e. The van der Waals surface area contributed by atoms with Gasteiger partial charge in [0.25, 0.3) is 0 Å². The highest BCUT2D eigenvalue weighted by Crippen LogP contribution is 1.91. The lowest BCUT2D eigenvalue weighted by Gasteiger charge is -2.12. The Morgan fingerprint density at radius 2 is 1.65 bits per heavy atom. The van der Waals surface area contributed by atoms with Gasteiger partial charge in [-0.1, -0.05) is 6.92 Å². The highest BCUT2D eigenvalue weighted by atomic mass is 16.4. The summed E-state index contributed by atoms with van der Waals surface area (Å²) in [6.45, 7) is 5.62. The molecule has 0 saturated heterocycles. The van der Waals surface area contributed by atoms with Gasteiger partial charge in [0.15, 0.2) is 0 Å². The van der Waals surface area contributed by atoms with E-state index < -0.39 is 24.4 Å². The van der Waals surface area contributed by atoms with Crippen molar-refractivity contribution in [1.29, 1.82) is 0 Å². The molecule has 0 spiro atoms. The van der Waals surface area contributed by atoms with E-state index in [-0.39, 0.29) is 0 Å². The first-order chi connectivity index (χ1) is 8.07. The Kier molecular flexibility index (Phi) is 9.31. The molecule has 0 aromatic carbocycles. The smallest absolute Gasteiger partial charge is 0.321 e. The number of nitrogens with one attached hydrogen (secondary N) is 3.